The minimum Gasteiger partial charge on any atom is -0.396 e. The van der Waals surface area contributed by atoms with Gasteiger partial charge < -0.3 is 21.1 Å². The number of terminal acetylenes is 1. The SMILES string of the molecule is C#C.C/C=C\C=C/CCO.CCc1cccc(CN(CCCN)C(=O)C(CS(=O)CCCC(F)(F)F)NC=O)c1.Cc1cc(F)cc(F)c1. The quantitative estimate of drug-likeness (QED) is 0.0787. The molecular formula is C36H50F5N3O4S. The van der Waals surface area contributed by atoms with Gasteiger partial charge in [-0.2, -0.15) is 13.2 Å². The summed E-state index contributed by atoms with van der Waals surface area (Å²) in [4.78, 5) is 25.5. The highest BCUT2D eigenvalue weighted by atomic mass is 32.2. The summed E-state index contributed by atoms with van der Waals surface area (Å²) in [5.74, 6) is -1.89. The molecule has 2 aromatic carbocycles. The van der Waals surface area contributed by atoms with E-state index in [4.69, 9.17) is 10.8 Å². The average molecular weight is 716 g/mol. The number of nitrogens with one attached hydrogen (secondary N) is 1. The van der Waals surface area contributed by atoms with Crippen molar-refractivity contribution in [1.82, 2.24) is 10.2 Å². The molecule has 0 spiro atoms. The summed E-state index contributed by atoms with van der Waals surface area (Å²) in [6.45, 7) is 6.89. The van der Waals surface area contributed by atoms with Crippen molar-refractivity contribution in [3.63, 3.8) is 0 Å². The molecule has 2 atom stereocenters. The zero-order valence-electron chi connectivity index (χ0n) is 28.4. The summed E-state index contributed by atoms with van der Waals surface area (Å²) in [7, 11) is -1.67. The number of allylic oxidation sites excluding steroid dienone is 3. The Bertz CT molecular complexity index is 1250. The standard InChI is InChI=1S/C20H30F3N3O3S.C7H6F2.C7H12O.C2H2/c1-2-16-6-3-7-17(12-16)13-26(10-5-9-24)19(28)18(25-15-27)14-30(29)11-4-8-20(21,22)23;1-5-2-6(8)4-7(9)3-5;1-2-3-4-5-6-7-8;1-2/h3,6-7,12,15,18H,2,4-5,8-11,13-14,24H2,1H3,(H,25,27);2-4H,1H3;2-5,8H,6-7H2,1H3;1-2H/b;;3-2-,5-4-;. The van der Waals surface area contributed by atoms with E-state index in [1.807, 2.05) is 62.4 Å². The van der Waals surface area contributed by atoms with Crippen molar-refractivity contribution in [1.29, 1.82) is 0 Å². The van der Waals surface area contributed by atoms with Gasteiger partial charge in [-0.3, -0.25) is 13.8 Å². The van der Waals surface area contributed by atoms with E-state index in [-0.39, 0.29) is 24.5 Å². The Hall–Kier alpha value is -3.86. The predicted molar refractivity (Wildman–Crippen MR) is 188 cm³/mol. The van der Waals surface area contributed by atoms with Crippen molar-refractivity contribution >= 4 is 23.1 Å². The van der Waals surface area contributed by atoms with E-state index >= 15 is 0 Å². The number of amides is 2. The maximum atomic E-state index is 13.0. The molecule has 0 aliphatic carbocycles. The Morgan fingerprint density at radius 2 is 1.71 bits per heavy atom. The molecule has 49 heavy (non-hydrogen) atoms. The minimum atomic E-state index is -4.31. The Morgan fingerprint density at radius 3 is 2.22 bits per heavy atom. The van der Waals surface area contributed by atoms with Crippen molar-refractivity contribution in [3.8, 4) is 12.8 Å². The van der Waals surface area contributed by atoms with Gasteiger partial charge >= 0.3 is 6.18 Å². The molecular weight excluding hydrogens is 665 g/mol. The third-order valence-electron chi connectivity index (χ3n) is 6.21. The van der Waals surface area contributed by atoms with E-state index in [2.05, 4.69) is 18.2 Å². The molecule has 7 nitrogen and oxygen atoms in total. The Kier molecular flexibility index (Phi) is 28.1. The van der Waals surface area contributed by atoms with Gasteiger partial charge in [0.1, 0.15) is 17.7 Å². The van der Waals surface area contributed by atoms with Gasteiger partial charge in [0.15, 0.2) is 0 Å². The highest BCUT2D eigenvalue weighted by molar-refractivity contribution is 7.85. The maximum Gasteiger partial charge on any atom is 0.389 e. The van der Waals surface area contributed by atoms with Gasteiger partial charge in [-0.1, -0.05) is 55.5 Å². The number of hydrogen-bond donors (Lipinski definition) is 3. The molecule has 13 heteroatoms. The van der Waals surface area contributed by atoms with E-state index in [0.717, 1.165) is 30.0 Å². The molecule has 0 saturated heterocycles. The fourth-order valence-corrected chi connectivity index (χ4v) is 5.21. The fourth-order valence-electron chi connectivity index (χ4n) is 3.97. The third-order valence-corrected chi connectivity index (χ3v) is 7.66. The van der Waals surface area contributed by atoms with Gasteiger partial charge in [-0.25, -0.2) is 8.78 Å². The molecule has 0 radical (unpaired) electrons. The van der Waals surface area contributed by atoms with Gasteiger partial charge in [0.25, 0.3) is 0 Å². The topological polar surface area (TPSA) is 113 Å². The van der Waals surface area contributed by atoms with Crippen molar-refractivity contribution in [3.05, 3.63) is 95.1 Å². The van der Waals surface area contributed by atoms with Crippen LogP contribution in [0.2, 0.25) is 0 Å². The van der Waals surface area contributed by atoms with Crippen LogP contribution in [0.5, 0.6) is 0 Å². The third kappa shape index (κ3) is 25.8. The summed E-state index contributed by atoms with van der Waals surface area (Å²) in [6, 6.07) is 10.1. The number of aliphatic hydroxyl groups is 1. The molecule has 2 amide bonds. The van der Waals surface area contributed by atoms with Crippen LogP contribution >= 0.6 is 0 Å². The van der Waals surface area contributed by atoms with Crippen LogP contribution in [0.4, 0.5) is 22.0 Å². The number of carbonyl (C=O) groups excluding carboxylic acids is 2. The van der Waals surface area contributed by atoms with E-state index in [9.17, 15) is 35.8 Å². The summed E-state index contributed by atoms with van der Waals surface area (Å²) in [6.07, 6.45) is 12.6. The lowest BCUT2D eigenvalue weighted by Crippen LogP contribution is -2.49. The number of benzene rings is 2. The van der Waals surface area contributed by atoms with Crippen LogP contribution in [0.3, 0.4) is 0 Å². The number of rotatable bonds is 17. The van der Waals surface area contributed by atoms with Crippen LogP contribution in [0.15, 0.2) is 66.8 Å². The lowest BCUT2D eigenvalue weighted by atomic mass is 10.1. The summed E-state index contributed by atoms with van der Waals surface area (Å²) >= 11 is 0. The highest BCUT2D eigenvalue weighted by Gasteiger charge is 2.28. The first-order chi connectivity index (χ1) is 23.3. The molecule has 0 heterocycles. The molecule has 0 fully saturated rings. The molecule has 2 rings (SSSR count). The van der Waals surface area contributed by atoms with Crippen molar-refractivity contribution in [2.75, 3.05) is 31.2 Å². The molecule has 274 valence electrons. The van der Waals surface area contributed by atoms with Crippen molar-refractivity contribution < 1.29 is 40.9 Å². The van der Waals surface area contributed by atoms with Crippen LogP contribution in [0.1, 0.15) is 56.2 Å². The molecule has 0 saturated carbocycles. The first-order valence-electron chi connectivity index (χ1n) is 15.6. The predicted octanol–water partition coefficient (Wildman–Crippen LogP) is 6.16. The molecule has 2 aromatic rings. The highest BCUT2D eigenvalue weighted by Crippen LogP contribution is 2.21. The van der Waals surface area contributed by atoms with E-state index in [1.165, 1.54) is 17.0 Å². The van der Waals surface area contributed by atoms with Crippen LogP contribution in [0, 0.1) is 31.4 Å². The number of aryl methyl sites for hydroxylation is 2. The molecule has 0 aromatic heterocycles. The Balaban J connectivity index is 0. The average Bonchev–Trinajstić information content (AvgIpc) is 3.05. The molecule has 0 bridgehead atoms. The van der Waals surface area contributed by atoms with Gasteiger partial charge in [-0.15, -0.1) is 12.8 Å². The van der Waals surface area contributed by atoms with E-state index in [1.54, 1.807) is 6.92 Å². The molecule has 2 unspecified atom stereocenters. The van der Waals surface area contributed by atoms with Gasteiger partial charge in [0.05, 0.1) is 5.75 Å². The molecule has 4 N–H and O–H groups in total. The van der Waals surface area contributed by atoms with Crippen LogP contribution in [-0.2, 0) is 33.4 Å². The number of nitrogens with zero attached hydrogens (tertiary/aromatic N) is 1. The second kappa shape index (κ2) is 29.1. The largest absolute Gasteiger partial charge is 0.396 e. The lowest BCUT2D eigenvalue weighted by molar-refractivity contribution is -0.135. The summed E-state index contributed by atoms with van der Waals surface area (Å²) in [5, 5.41) is 10.7. The summed E-state index contributed by atoms with van der Waals surface area (Å²) in [5.41, 5.74) is 8.21. The first-order valence-corrected chi connectivity index (χ1v) is 17.1. The second-order valence-electron chi connectivity index (χ2n) is 10.4. The minimum absolute atomic E-state index is 0.189. The van der Waals surface area contributed by atoms with Gasteiger partial charge in [0, 0.05) is 48.7 Å². The van der Waals surface area contributed by atoms with E-state index in [0.29, 0.717) is 38.0 Å². The first kappa shape index (κ1) is 47.3. The second-order valence-corrected chi connectivity index (χ2v) is 12.0. The fraction of sp³-hybridized carbons (Fsp3) is 0.444. The normalized spacial score (nSPS) is 12.0. The number of aliphatic hydroxyl groups excluding tert-OH is 1. The number of hydrogen-bond acceptors (Lipinski definition) is 5. The van der Waals surface area contributed by atoms with Crippen molar-refractivity contribution in [2.24, 2.45) is 5.73 Å². The van der Waals surface area contributed by atoms with Crippen molar-refractivity contribution in [2.45, 2.75) is 71.6 Å². The smallest absolute Gasteiger partial charge is 0.389 e. The number of alkyl halides is 3. The number of nitrogens with two attached hydrogens (primary N) is 1. The van der Waals surface area contributed by atoms with Gasteiger partial charge in [0.2, 0.25) is 12.3 Å². The molecule has 0 aliphatic heterocycles. The maximum absolute atomic E-state index is 13.0. The van der Waals surface area contributed by atoms with Crippen LogP contribution in [0.25, 0.3) is 0 Å². The zero-order chi connectivity index (χ0) is 37.7. The molecule has 0 aliphatic rings. The Labute approximate surface area is 290 Å². The van der Waals surface area contributed by atoms with Crippen LogP contribution < -0.4 is 11.1 Å². The van der Waals surface area contributed by atoms with Gasteiger partial charge in [-0.05, 0) is 74.9 Å². The number of carbonyl (C=O) groups is 2. The number of halogens is 5. The lowest BCUT2D eigenvalue weighted by Gasteiger charge is -2.27. The summed E-state index contributed by atoms with van der Waals surface area (Å²) < 4.78 is 73.4. The zero-order valence-corrected chi connectivity index (χ0v) is 29.2. The Morgan fingerprint density at radius 1 is 1.08 bits per heavy atom. The van der Waals surface area contributed by atoms with E-state index < -0.39 is 47.0 Å². The monoisotopic (exact) mass is 715 g/mol. The van der Waals surface area contributed by atoms with Crippen LogP contribution in [-0.4, -0.2) is 70.0 Å².